The van der Waals surface area contributed by atoms with Crippen LogP contribution in [0.5, 0.6) is 0 Å². The summed E-state index contributed by atoms with van der Waals surface area (Å²) < 4.78 is 0. The zero-order chi connectivity index (χ0) is 9.97. The van der Waals surface area contributed by atoms with Gasteiger partial charge in [-0.1, -0.05) is 12.1 Å². The minimum absolute atomic E-state index is 0.758. The third-order valence-corrected chi connectivity index (χ3v) is 2.21. The fourth-order valence-electron chi connectivity index (χ4n) is 1.45. The Hall–Kier alpha value is -1.71. The van der Waals surface area contributed by atoms with E-state index in [9.17, 15) is 0 Å². The molecule has 0 saturated heterocycles. The van der Waals surface area contributed by atoms with Crippen LogP contribution in [0.25, 0.3) is 0 Å². The van der Waals surface area contributed by atoms with Crippen LogP contribution in [0.15, 0.2) is 29.4 Å². The summed E-state index contributed by atoms with van der Waals surface area (Å²) in [6, 6.07) is 7.74. The van der Waals surface area contributed by atoms with Crippen molar-refractivity contribution in [2.75, 3.05) is 25.9 Å². The minimum Gasteiger partial charge on any atom is -0.398 e. The van der Waals surface area contributed by atoms with Crippen molar-refractivity contribution in [2.24, 2.45) is 5.10 Å². The van der Waals surface area contributed by atoms with E-state index in [1.807, 2.05) is 36.3 Å². The molecule has 14 heavy (non-hydrogen) atoms. The van der Waals surface area contributed by atoms with E-state index in [1.54, 1.807) is 0 Å². The van der Waals surface area contributed by atoms with Gasteiger partial charge in [-0.25, -0.2) is 0 Å². The van der Waals surface area contributed by atoms with Crippen molar-refractivity contribution in [3.63, 3.8) is 0 Å². The van der Waals surface area contributed by atoms with Gasteiger partial charge in [0.15, 0.2) is 5.84 Å². The number of hydrazone groups is 1. The lowest BCUT2D eigenvalue weighted by atomic mass is 10.1. The van der Waals surface area contributed by atoms with Gasteiger partial charge in [0, 0.05) is 24.8 Å². The third kappa shape index (κ3) is 1.64. The van der Waals surface area contributed by atoms with Crippen LogP contribution in [-0.4, -0.2) is 31.0 Å². The van der Waals surface area contributed by atoms with E-state index in [2.05, 4.69) is 10.4 Å². The van der Waals surface area contributed by atoms with Gasteiger partial charge < -0.3 is 11.1 Å². The first-order chi connectivity index (χ1) is 6.77. The van der Waals surface area contributed by atoms with Gasteiger partial charge in [-0.05, 0) is 12.1 Å². The van der Waals surface area contributed by atoms with Gasteiger partial charge in [-0.2, -0.15) is 5.10 Å². The molecule has 0 aromatic heterocycles. The van der Waals surface area contributed by atoms with Crippen molar-refractivity contribution < 1.29 is 0 Å². The lowest BCUT2D eigenvalue weighted by molar-refractivity contribution is 0.341. The maximum Gasteiger partial charge on any atom is 0.155 e. The molecule has 1 heterocycles. The molecule has 3 N–H and O–H groups in total. The molecule has 74 valence electrons. The number of nitrogens with one attached hydrogen (secondary N) is 1. The van der Waals surface area contributed by atoms with E-state index in [4.69, 9.17) is 5.73 Å². The normalized spacial score (nSPS) is 16.1. The molecule has 2 rings (SSSR count). The topological polar surface area (TPSA) is 53.6 Å². The number of rotatable bonds is 1. The minimum atomic E-state index is 0.758. The van der Waals surface area contributed by atoms with Crippen molar-refractivity contribution in [2.45, 2.75) is 0 Å². The molecule has 1 aliphatic heterocycles. The van der Waals surface area contributed by atoms with E-state index >= 15 is 0 Å². The molecule has 0 atom stereocenters. The van der Waals surface area contributed by atoms with E-state index in [-0.39, 0.29) is 0 Å². The highest BCUT2D eigenvalue weighted by molar-refractivity contribution is 6.03. The lowest BCUT2D eigenvalue weighted by Crippen LogP contribution is -2.39. The fraction of sp³-hybridized carbons (Fsp3) is 0.300. The summed E-state index contributed by atoms with van der Waals surface area (Å²) in [5, 5.41) is 9.52. The summed E-state index contributed by atoms with van der Waals surface area (Å²) in [4.78, 5) is 0. The molecule has 0 fully saturated rings. The second kappa shape index (κ2) is 3.57. The number of anilines is 1. The predicted octanol–water partition coefficient (Wildman–Crippen LogP) is 0.465. The van der Waals surface area contributed by atoms with E-state index in [0.29, 0.717) is 0 Å². The molecule has 1 aromatic carbocycles. The number of likely N-dealkylation sites (N-methyl/N-ethyl adjacent to an activating group) is 1. The number of amidine groups is 1. The van der Waals surface area contributed by atoms with Crippen molar-refractivity contribution >= 4 is 11.5 Å². The van der Waals surface area contributed by atoms with Crippen LogP contribution >= 0.6 is 0 Å². The predicted molar refractivity (Wildman–Crippen MR) is 58.0 cm³/mol. The fourth-order valence-corrected chi connectivity index (χ4v) is 1.45. The highest BCUT2D eigenvalue weighted by Crippen LogP contribution is 2.12. The molecule has 0 radical (unpaired) electrons. The molecule has 4 heteroatoms. The van der Waals surface area contributed by atoms with Crippen LogP contribution in [-0.2, 0) is 0 Å². The van der Waals surface area contributed by atoms with Crippen molar-refractivity contribution in [1.82, 2.24) is 10.3 Å². The van der Waals surface area contributed by atoms with Gasteiger partial charge in [-0.15, -0.1) is 0 Å². The van der Waals surface area contributed by atoms with Gasteiger partial charge in [0.2, 0.25) is 0 Å². The third-order valence-electron chi connectivity index (χ3n) is 2.21. The second-order valence-corrected chi connectivity index (χ2v) is 3.34. The summed E-state index contributed by atoms with van der Waals surface area (Å²) in [5.74, 6) is 0.858. The molecule has 0 unspecified atom stereocenters. The molecule has 1 aliphatic rings. The average molecular weight is 190 g/mol. The molecule has 0 bridgehead atoms. The zero-order valence-corrected chi connectivity index (χ0v) is 8.20. The van der Waals surface area contributed by atoms with Gasteiger partial charge >= 0.3 is 0 Å². The number of hydrogen-bond donors (Lipinski definition) is 2. The maximum absolute atomic E-state index is 5.86. The second-order valence-electron chi connectivity index (χ2n) is 3.34. The lowest BCUT2D eigenvalue weighted by Gasteiger charge is -2.23. The molecule has 0 aliphatic carbocycles. The molecule has 0 saturated carbocycles. The van der Waals surface area contributed by atoms with Crippen molar-refractivity contribution in [3.8, 4) is 0 Å². The van der Waals surface area contributed by atoms with E-state index < -0.39 is 0 Å². The SMILES string of the molecule is CN1CCNC(c2ccccc2N)=N1. The van der Waals surface area contributed by atoms with Crippen molar-refractivity contribution in [3.05, 3.63) is 29.8 Å². The molecular weight excluding hydrogens is 176 g/mol. The highest BCUT2D eigenvalue weighted by Gasteiger charge is 2.11. The van der Waals surface area contributed by atoms with Crippen LogP contribution in [0.4, 0.5) is 5.69 Å². The van der Waals surface area contributed by atoms with Crippen LogP contribution in [0, 0.1) is 0 Å². The number of nitrogens with zero attached hydrogens (tertiary/aromatic N) is 2. The summed E-state index contributed by atoms with van der Waals surface area (Å²) >= 11 is 0. The molecule has 0 amide bonds. The molecule has 1 aromatic rings. The Labute approximate surface area is 83.4 Å². The Morgan fingerprint density at radius 2 is 2.21 bits per heavy atom. The Kier molecular flexibility index (Phi) is 2.26. The Morgan fingerprint density at radius 3 is 2.93 bits per heavy atom. The zero-order valence-electron chi connectivity index (χ0n) is 8.20. The van der Waals surface area contributed by atoms with Crippen LogP contribution in [0.2, 0.25) is 0 Å². The van der Waals surface area contributed by atoms with Crippen LogP contribution in [0.3, 0.4) is 0 Å². The van der Waals surface area contributed by atoms with Gasteiger partial charge in [0.1, 0.15) is 0 Å². The highest BCUT2D eigenvalue weighted by atomic mass is 15.5. The Bertz CT molecular complexity index is 359. The molecule has 0 spiro atoms. The Morgan fingerprint density at radius 1 is 1.43 bits per heavy atom. The first-order valence-electron chi connectivity index (χ1n) is 4.66. The van der Waals surface area contributed by atoms with Gasteiger partial charge in [-0.3, -0.25) is 5.01 Å². The van der Waals surface area contributed by atoms with E-state index in [1.165, 1.54) is 0 Å². The number of hydrogen-bond acceptors (Lipinski definition) is 4. The maximum atomic E-state index is 5.86. The standard InChI is InChI=1S/C10H14N4/c1-14-7-6-12-10(13-14)8-4-2-3-5-9(8)11/h2-5H,6-7,11H2,1H3,(H,12,13). The number of para-hydroxylation sites is 1. The monoisotopic (exact) mass is 190 g/mol. The average Bonchev–Trinajstić information content (AvgIpc) is 2.18. The van der Waals surface area contributed by atoms with E-state index in [0.717, 1.165) is 30.2 Å². The van der Waals surface area contributed by atoms with Gasteiger partial charge in [0.25, 0.3) is 0 Å². The van der Waals surface area contributed by atoms with Crippen LogP contribution < -0.4 is 11.1 Å². The summed E-state index contributed by atoms with van der Waals surface area (Å²) in [6.07, 6.45) is 0. The molecular formula is C10H14N4. The smallest absolute Gasteiger partial charge is 0.155 e. The van der Waals surface area contributed by atoms with Crippen molar-refractivity contribution in [1.29, 1.82) is 0 Å². The summed E-state index contributed by atoms with van der Waals surface area (Å²) in [6.45, 7) is 1.83. The molecule has 4 nitrogen and oxygen atoms in total. The number of nitrogen functional groups attached to an aromatic ring is 1. The van der Waals surface area contributed by atoms with Gasteiger partial charge in [0.05, 0.1) is 6.54 Å². The Balaban J connectivity index is 2.35. The summed E-state index contributed by atoms with van der Waals surface area (Å²) in [5.41, 5.74) is 7.59. The number of nitrogens with two attached hydrogens (primary N) is 1. The summed E-state index contributed by atoms with van der Waals surface area (Å²) in [7, 11) is 1.96. The number of benzene rings is 1. The largest absolute Gasteiger partial charge is 0.398 e. The van der Waals surface area contributed by atoms with Crippen LogP contribution in [0.1, 0.15) is 5.56 Å². The first-order valence-corrected chi connectivity index (χ1v) is 4.66. The quantitative estimate of drug-likeness (QED) is 0.633. The first kappa shape index (κ1) is 8.87.